The van der Waals surface area contributed by atoms with Crippen LogP contribution in [-0.4, -0.2) is 33.2 Å². The molecule has 28 heavy (non-hydrogen) atoms. The molecule has 1 fully saturated rings. The molecule has 0 spiro atoms. The van der Waals surface area contributed by atoms with Crippen molar-refractivity contribution in [2.75, 3.05) is 12.4 Å². The number of aryl methyl sites for hydroxylation is 1. The van der Waals surface area contributed by atoms with Crippen LogP contribution in [0, 0.1) is 6.92 Å². The Kier molecular flexibility index (Phi) is 5.29. The smallest absolute Gasteiger partial charge is 0.242 e. The van der Waals surface area contributed by atoms with E-state index < -0.39 is 5.25 Å². The number of tetrazole rings is 1. The highest BCUT2D eigenvalue weighted by Crippen LogP contribution is 2.41. The Labute approximate surface area is 167 Å². The summed E-state index contributed by atoms with van der Waals surface area (Å²) in [5.74, 6) is 0.476. The molecule has 1 N–H and O–H groups in total. The quantitative estimate of drug-likeness (QED) is 0.613. The minimum atomic E-state index is -0.491. The standard InChI is InChI=1S/C20H21N5O2S/c1-13-8-11-17(27-2)16(12-13)21-19(26)18(14-6-4-3-5-7-14)28-20-22-23-24-25(20)15-9-10-15/h3-8,11-12,15,18H,9-10H2,1-2H3,(H,21,26)/t18-/m1/s1. The van der Waals surface area contributed by atoms with Gasteiger partial charge in [-0.1, -0.05) is 48.2 Å². The van der Waals surface area contributed by atoms with Gasteiger partial charge >= 0.3 is 0 Å². The molecular formula is C20H21N5O2S. The largest absolute Gasteiger partial charge is 0.495 e. The summed E-state index contributed by atoms with van der Waals surface area (Å²) in [6, 6.07) is 15.7. The van der Waals surface area contributed by atoms with Crippen LogP contribution in [0.4, 0.5) is 5.69 Å². The fourth-order valence-corrected chi connectivity index (χ4v) is 3.98. The van der Waals surface area contributed by atoms with Crippen LogP contribution < -0.4 is 10.1 Å². The molecule has 4 rings (SSSR count). The number of ether oxygens (including phenoxy) is 1. The fraction of sp³-hybridized carbons (Fsp3) is 0.300. The molecule has 7 nitrogen and oxygen atoms in total. The highest BCUT2D eigenvalue weighted by atomic mass is 32.2. The molecule has 0 bridgehead atoms. The van der Waals surface area contributed by atoms with Crippen molar-refractivity contribution in [3.05, 3.63) is 59.7 Å². The molecule has 2 aromatic carbocycles. The van der Waals surface area contributed by atoms with E-state index in [4.69, 9.17) is 4.74 Å². The van der Waals surface area contributed by atoms with Crippen LogP contribution in [0.1, 0.15) is 35.3 Å². The monoisotopic (exact) mass is 395 g/mol. The first-order valence-corrected chi connectivity index (χ1v) is 9.98. The summed E-state index contributed by atoms with van der Waals surface area (Å²) in [7, 11) is 1.59. The Morgan fingerprint density at radius 2 is 2.04 bits per heavy atom. The van der Waals surface area contributed by atoms with Gasteiger partial charge in [-0.2, -0.15) is 0 Å². The number of amides is 1. The van der Waals surface area contributed by atoms with E-state index in [9.17, 15) is 4.79 Å². The number of aromatic nitrogens is 4. The van der Waals surface area contributed by atoms with E-state index in [0.29, 0.717) is 22.6 Å². The van der Waals surface area contributed by atoms with Gasteiger partial charge in [-0.25, -0.2) is 4.68 Å². The summed E-state index contributed by atoms with van der Waals surface area (Å²) in [4.78, 5) is 13.3. The van der Waals surface area contributed by atoms with Crippen molar-refractivity contribution in [3.63, 3.8) is 0 Å². The lowest BCUT2D eigenvalue weighted by Gasteiger charge is -2.18. The Morgan fingerprint density at radius 1 is 1.25 bits per heavy atom. The lowest BCUT2D eigenvalue weighted by Crippen LogP contribution is -2.20. The molecule has 1 amide bonds. The number of carbonyl (C=O) groups excluding carboxylic acids is 1. The van der Waals surface area contributed by atoms with Gasteiger partial charge in [-0.05, 0) is 53.5 Å². The second-order valence-electron chi connectivity index (χ2n) is 6.74. The topological polar surface area (TPSA) is 81.9 Å². The van der Waals surface area contributed by atoms with Gasteiger partial charge in [0.05, 0.1) is 18.8 Å². The molecule has 0 saturated heterocycles. The first-order valence-electron chi connectivity index (χ1n) is 9.10. The molecule has 0 radical (unpaired) electrons. The third kappa shape index (κ3) is 4.01. The molecule has 1 aromatic heterocycles. The molecule has 1 heterocycles. The van der Waals surface area contributed by atoms with Crippen LogP contribution in [0.3, 0.4) is 0 Å². The lowest BCUT2D eigenvalue weighted by molar-refractivity contribution is -0.115. The summed E-state index contributed by atoms with van der Waals surface area (Å²) < 4.78 is 7.21. The van der Waals surface area contributed by atoms with Crippen molar-refractivity contribution in [2.24, 2.45) is 0 Å². The van der Waals surface area contributed by atoms with E-state index in [-0.39, 0.29) is 5.91 Å². The van der Waals surface area contributed by atoms with Gasteiger partial charge in [0.25, 0.3) is 0 Å². The number of benzene rings is 2. The summed E-state index contributed by atoms with van der Waals surface area (Å²) >= 11 is 1.36. The summed E-state index contributed by atoms with van der Waals surface area (Å²) in [5.41, 5.74) is 2.58. The molecule has 3 aromatic rings. The van der Waals surface area contributed by atoms with Crippen molar-refractivity contribution >= 4 is 23.4 Å². The minimum Gasteiger partial charge on any atom is -0.495 e. The Bertz CT molecular complexity index is 972. The van der Waals surface area contributed by atoms with Crippen LogP contribution in [0.2, 0.25) is 0 Å². The highest BCUT2D eigenvalue weighted by Gasteiger charge is 2.31. The molecule has 1 saturated carbocycles. The van der Waals surface area contributed by atoms with Gasteiger partial charge in [-0.15, -0.1) is 5.10 Å². The number of hydrogen-bond donors (Lipinski definition) is 1. The molecule has 0 unspecified atom stereocenters. The molecule has 8 heteroatoms. The van der Waals surface area contributed by atoms with E-state index in [2.05, 4.69) is 20.8 Å². The van der Waals surface area contributed by atoms with Crippen molar-refractivity contribution in [3.8, 4) is 5.75 Å². The summed E-state index contributed by atoms with van der Waals surface area (Å²) in [5, 5.41) is 15.2. The maximum Gasteiger partial charge on any atom is 0.242 e. The third-order valence-corrected chi connectivity index (χ3v) is 5.73. The predicted octanol–water partition coefficient (Wildman–Crippen LogP) is 3.80. The van der Waals surface area contributed by atoms with Crippen molar-refractivity contribution in [2.45, 2.75) is 36.2 Å². The van der Waals surface area contributed by atoms with Crippen molar-refractivity contribution < 1.29 is 9.53 Å². The lowest BCUT2D eigenvalue weighted by atomic mass is 10.1. The number of methoxy groups -OCH3 is 1. The first kappa shape index (κ1) is 18.5. The molecular weight excluding hydrogens is 374 g/mol. The zero-order valence-corrected chi connectivity index (χ0v) is 16.5. The van der Waals surface area contributed by atoms with Crippen LogP contribution in [0.5, 0.6) is 5.75 Å². The maximum atomic E-state index is 13.3. The Hall–Kier alpha value is -2.87. The van der Waals surface area contributed by atoms with Gasteiger partial charge in [-0.3, -0.25) is 4.79 Å². The van der Waals surface area contributed by atoms with Gasteiger partial charge in [0.2, 0.25) is 11.1 Å². The normalized spacial score (nSPS) is 14.5. The number of rotatable bonds is 7. The van der Waals surface area contributed by atoms with E-state index in [0.717, 1.165) is 24.0 Å². The van der Waals surface area contributed by atoms with E-state index >= 15 is 0 Å². The van der Waals surface area contributed by atoms with Crippen LogP contribution in [0.25, 0.3) is 0 Å². The van der Waals surface area contributed by atoms with Crippen LogP contribution >= 0.6 is 11.8 Å². The number of nitrogens with one attached hydrogen (secondary N) is 1. The fourth-order valence-electron chi connectivity index (χ4n) is 2.94. The average Bonchev–Trinajstić information content (AvgIpc) is 3.45. The number of carbonyl (C=O) groups is 1. The van der Waals surface area contributed by atoms with Crippen molar-refractivity contribution in [1.29, 1.82) is 0 Å². The number of thioether (sulfide) groups is 1. The van der Waals surface area contributed by atoms with Gasteiger partial charge in [0.15, 0.2) is 0 Å². The van der Waals surface area contributed by atoms with Gasteiger partial charge in [0, 0.05) is 0 Å². The number of hydrogen-bond acceptors (Lipinski definition) is 6. The molecule has 0 aliphatic heterocycles. The van der Waals surface area contributed by atoms with E-state index in [1.807, 2.05) is 60.1 Å². The zero-order valence-electron chi connectivity index (χ0n) is 15.7. The van der Waals surface area contributed by atoms with Crippen LogP contribution in [0.15, 0.2) is 53.7 Å². The minimum absolute atomic E-state index is 0.148. The molecule has 144 valence electrons. The van der Waals surface area contributed by atoms with Crippen LogP contribution in [-0.2, 0) is 4.79 Å². The van der Waals surface area contributed by atoms with E-state index in [1.54, 1.807) is 7.11 Å². The SMILES string of the molecule is COc1ccc(C)cc1NC(=O)[C@H](Sc1nnnn1C1CC1)c1ccccc1. The molecule has 1 aliphatic carbocycles. The number of anilines is 1. The first-order chi connectivity index (χ1) is 13.7. The summed E-state index contributed by atoms with van der Waals surface area (Å²) in [6.07, 6.45) is 2.14. The zero-order chi connectivity index (χ0) is 19.5. The highest BCUT2D eigenvalue weighted by molar-refractivity contribution is 8.00. The van der Waals surface area contributed by atoms with Gasteiger partial charge < -0.3 is 10.1 Å². The summed E-state index contributed by atoms with van der Waals surface area (Å²) in [6.45, 7) is 1.97. The molecule has 1 aliphatic rings. The Balaban J connectivity index is 1.63. The van der Waals surface area contributed by atoms with Gasteiger partial charge in [0.1, 0.15) is 11.0 Å². The third-order valence-electron chi connectivity index (χ3n) is 4.53. The van der Waals surface area contributed by atoms with Crippen molar-refractivity contribution in [1.82, 2.24) is 20.2 Å². The number of nitrogens with zero attached hydrogens (tertiary/aromatic N) is 4. The van der Waals surface area contributed by atoms with E-state index in [1.165, 1.54) is 11.8 Å². The second-order valence-corrected chi connectivity index (χ2v) is 7.81. The predicted molar refractivity (Wildman–Crippen MR) is 107 cm³/mol. The second kappa shape index (κ2) is 8.02. The maximum absolute atomic E-state index is 13.3. The average molecular weight is 395 g/mol. The molecule has 1 atom stereocenters. The Morgan fingerprint density at radius 3 is 2.75 bits per heavy atom.